The molecule has 0 bridgehead atoms. The summed E-state index contributed by atoms with van der Waals surface area (Å²) < 4.78 is 39.7. The Hall–Kier alpha value is -1.77. The first-order valence-corrected chi connectivity index (χ1v) is 8.46. The SMILES string of the molecule is O=C(CNS(=O)(=O)c1ccccc1Br)Nc1cccc(F)c1. The Morgan fingerprint density at radius 3 is 2.55 bits per heavy atom. The molecule has 8 heteroatoms. The highest BCUT2D eigenvalue weighted by Crippen LogP contribution is 2.20. The van der Waals surface area contributed by atoms with Crippen LogP contribution in [0, 0.1) is 5.82 Å². The van der Waals surface area contributed by atoms with E-state index >= 15 is 0 Å². The second kappa shape index (κ2) is 6.99. The van der Waals surface area contributed by atoms with Gasteiger partial charge in [0.1, 0.15) is 5.82 Å². The second-order valence-electron chi connectivity index (χ2n) is 4.31. The Morgan fingerprint density at radius 2 is 1.86 bits per heavy atom. The first kappa shape index (κ1) is 16.6. The van der Waals surface area contributed by atoms with E-state index in [0.717, 1.165) is 6.07 Å². The third kappa shape index (κ3) is 4.36. The van der Waals surface area contributed by atoms with Crippen LogP contribution < -0.4 is 10.0 Å². The van der Waals surface area contributed by atoms with Crippen LogP contribution in [0.5, 0.6) is 0 Å². The summed E-state index contributed by atoms with van der Waals surface area (Å²) in [5, 5.41) is 2.40. The number of nitrogens with one attached hydrogen (secondary N) is 2. The van der Waals surface area contributed by atoms with Crippen molar-refractivity contribution in [3.05, 3.63) is 58.8 Å². The molecule has 116 valence electrons. The van der Waals surface area contributed by atoms with Gasteiger partial charge in [-0.25, -0.2) is 17.5 Å². The zero-order chi connectivity index (χ0) is 16.2. The van der Waals surface area contributed by atoms with Gasteiger partial charge in [0.05, 0.1) is 11.4 Å². The van der Waals surface area contributed by atoms with Crippen molar-refractivity contribution in [3.63, 3.8) is 0 Å². The van der Waals surface area contributed by atoms with Gasteiger partial charge >= 0.3 is 0 Å². The first-order chi connectivity index (χ1) is 10.4. The lowest BCUT2D eigenvalue weighted by molar-refractivity contribution is -0.115. The van der Waals surface area contributed by atoms with Crippen molar-refractivity contribution in [2.75, 3.05) is 11.9 Å². The molecule has 0 spiro atoms. The van der Waals surface area contributed by atoms with Gasteiger partial charge in [-0.05, 0) is 46.3 Å². The van der Waals surface area contributed by atoms with Gasteiger partial charge < -0.3 is 5.32 Å². The van der Waals surface area contributed by atoms with Crippen LogP contribution in [0.25, 0.3) is 0 Å². The van der Waals surface area contributed by atoms with Gasteiger partial charge in [-0.2, -0.15) is 0 Å². The molecule has 0 atom stereocenters. The molecule has 2 N–H and O–H groups in total. The number of halogens is 2. The lowest BCUT2D eigenvalue weighted by atomic mass is 10.3. The number of sulfonamides is 1. The van der Waals surface area contributed by atoms with Crippen molar-refractivity contribution in [1.82, 2.24) is 4.72 Å². The van der Waals surface area contributed by atoms with Gasteiger partial charge in [0.15, 0.2) is 0 Å². The third-order valence-electron chi connectivity index (χ3n) is 2.66. The summed E-state index contributed by atoms with van der Waals surface area (Å²) in [6, 6.07) is 11.6. The van der Waals surface area contributed by atoms with E-state index in [4.69, 9.17) is 0 Å². The van der Waals surface area contributed by atoms with Crippen LogP contribution in [-0.4, -0.2) is 20.9 Å². The first-order valence-electron chi connectivity index (χ1n) is 6.18. The molecule has 0 aliphatic rings. The summed E-state index contributed by atoms with van der Waals surface area (Å²) in [6.45, 7) is -0.458. The third-order valence-corrected chi connectivity index (χ3v) is 5.07. The molecule has 0 fully saturated rings. The number of benzene rings is 2. The predicted molar refractivity (Wildman–Crippen MR) is 84.4 cm³/mol. The molecule has 0 saturated carbocycles. The van der Waals surface area contributed by atoms with Crippen molar-refractivity contribution < 1.29 is 17.6 Å². The molecule has 0 aliphatic carbocycles. The van der Waals surface area contributed by atoms with Crippen LogP contribution in [0.1, 0.15) is 0 Å². The average Bonchev–Trinajstić information content (AvgIpc) is 2.45. The molecule has 0 unspecified atom stereocenters. The molecule has 22 heavy (non-hydrogen) atoms. The van der Waals surface area contributed by atoms with E-state index in [-0.39, 0.29) is 10.6 Å². The van der Waals surface area contributed by atoms with E-state index in [1.54, 1.807) is 18.2 Å². The summed E-state index contributed by atoms with van der Waals surface area (Å²) in [7, 11) is -3.82. The maximum atomic E-state index is 13.0. The molecule has 2 rings (SSSR count). The molecule has 5 nitrogen and oxygen atoms in total. The molecular weight excluding hydrogens is 375 g/mol. The molecule has 2 aromatic carbocycles. The lowest BCUT2D eigenvalue weighted by Crippen LogP contribution is -2.33. The van der Waals surface area contributed by atoms with Gasteiger partial charge in [-0.1, -0.05) is 18.2 Å². The van der Waals surface area contributed by atoms with Crippen molar-refractivity contribution >= 4 is 37.5 Å². The Bertz CT molecular complexity index is 796. The van der Waals surface area contributed by atoms with E-state index in [2.05, 4.69) is 26.0 Å². The Balaban J connectivity index is 2.00. The van der Waals surface area contributed by atoms with Gasteiger partial charge in [0.2, 0.25) is 15.9 Å². The molecule has 0 aliphatic heterocycles. The van der Waals surface area contributed by atoms with Crippen molar-refractivity contribution in [2.24, 2.45) is 0 Å². The number of carbonyl (C=O) groups excluding carboxylic acids is 1. The molecule has 1 amide bonds. The molecule has 0 heterocycles. The zero-order valence-corrected chi connectivity index (χ0v) is 13.6. The number of hydrogen-bond donors (Lipinski definition) is 2. The standard InChI is InChI=1S/C14H12BrFN2O3S/c15-12-6-1-2-7-13(12)22(20,21)17-9-14(19)18-11-5-3-4-10(16)8-11/h1-8,17H,9H2,(H,18,19). The highest BCUT2D eigenvalue weighted by atomic mass is 79.9. The zero-order valence-electron chi connectivity index (χ0n) is 11.2. The molecule has 2 aromatic rings. The van der Waals surface area contributed by atoms with Crippen LogP contribution in [0.15, 0.2) is 57.9 Å². The smallest absolute Gasteiger partial charge is 0.242 e. The van der Waals surface area contributed by atoms with Gasteiger partial charge in [0, 0.05) is 10.2 Å². The van der Waals surface area contributed by atoms with Gasteiger partial charge in [0.25, 0.3) is 0 Å². The maximum absolute atomic E-state index is 13.0. The Kier molecular flexibility index (Phi) is 5.28. The maximum Gasteiger partial charge on any atom is 0.242 e. The van der Waals surface area contributed by atoms with Crippen LogP contribution in [0.3, 0.4) is 0 Å². The molecular formula is C14H12BrFN2O3S. The number of hydrogen-bond acceptors (Lipinski definition) is 3. The van der Waals surface area contributed by atoms with Crippen molar-refractivity contribution in [2.45, 2.75) is 4.90 Å². The van der Waals surface area contributed by atoms with Gasteiger partial charge in [-0.15, -0.1) is 0 Å². The summed E-state index contributed by atoms with van der Waals surface area (Å²) in [5.41, 5.74) is 0.255. The Morgan fingerprint density at radius 1 is 1.14 bits per heavy atom. The summed E-state index contributed by atoms with van der Waals surface area (Å²) in [6.07, 6.45) is 0. The fraction of sp³-hybridized carbons (Fsp3) is 0.0714. The van der Waals surface area contributed by atoms with E-state index in [0.29, 0.717) is 4.47 Å². The minimum atomic E-state index is -3.82. The van der Waals surface area contributed by atoms with E-state index in [9.17, 15) is 17.6 Å². The van der Waals surface area contributed by atoms with Crippen LogP contribution in [0.4, 0.5) is 10.1 Å². The summed E-state index contributed by atoms with van der Waals surface area (Å²) in [4.78, 5) is 11.8. The van der Waals surface area contributed by atoms with Crippen LogP contribution in [-0.2, 0) is 14.8 Å². The summed E-state index contributed by atoms with van der Waals surface area (Å²) >= 11 is 3.14. The predicted octanol–water partition coefficient (Wildman–Crippen LogP) is 2.51. The monoisotopic (exact) mass is 386 g/mol. The number of carbonyl (C=O) groups is 1. The van der Waals surface area contributed by atoms with E-state index in [1.165, 1.54) is 24.3 Å². The number of rotatable bonds is 5. The second-order valence-corrected chi connectivity index (χ2v) is 6.90. The highest BCUT2D eigenvalue weighted by Gasteiger charge is 2.18. The van der Waals surface area contributed by atoms with E-state index < -0.39 is 28.3 Å². The molecule has 0 radical (unpaired) electrons. The van der Waals surface area contributed by atoms with Crippen LogP contribution in [0.2, 0.25) is 0 Å². The fourth-order valence-corrected chi connectivity index (χ4v) is 3.66. The highest BCUT2D eigenvalue weighted by molar-refractivity contribution is 9.10. The van der Waals surface area contributed by atoms with Gasteiger partial charge in [-0.3, -0.25) is 4.79 Å². The number of anilines is 1. The lowest BCUT2D eigenvalue weighted by Gasteiger charge is -2.09. The minimum Gasteiger partial charge on any atom is -0.325 e. The van der Waals surface area contributed by atoms with Crippen LogP contribution >= 0.6 is 15.9 Å². The fourth-order valence-electron chi connectivity index (χ4n) is 1.67. The molecule has 0 saturated heterocycles. The quantitative estimate of drug-likeness (QED) is 0.828. The average molecular weight is 387 g/mol. The molecule has 0 aromatic heterocycles. The topological polar surface area (TPSA) is 75.3 Å². The Labute approximate surface area is 135 Å². The largest absolute Gasteiger partial charge is 0.325 e. The van der Waals surface area contributed by atoms with Crippen molar-refractivity contribution in [1.29, 1.82) is 0 Å². The normalized spacial score (nSPS) is 11.2. The number of amides is 1. The summed E-state index contributed by atoms with van der Waals surface area (Å²) in [5.74, 6) is -1.09. The van der Waals surface area contributed by atoms with E-state index in [1.807, 2.05) is 0 Å². The van der Waals surface area contributed by atoms with Crippen molar-refractivity contribution in [3.8, 4) is 0 Å². The minimum absolute atomic E-state index is 0.0357.